The van der Waals surface area contributed by atoms with Crippen molar-refractivity contribution in [2.24, 2.45) is 0 Å². The molecule has 0 unspecified atom stereocenters. The van der Waals surface area contributed by atoms with Gasteiger partial charge in [0.25, 0.3) is 17.5 Å². The third-order valence-electron chi connectivity index (χ3n) is 5.13. The summed E-state index contributed by atoms with van der Waals surface area (Å²) in [5.41, 5.74) is 2.02. The van der Waals surface area contributed by atoms with Crippen molar-refractivity contribution in [3.05, 3.63) is 87.2 Å². The topological polar surface area (TPSA) is 123 Å². The summed E-state index contributed by atoms with van der Waals surface area (Å²) in [4.78, 5) is 49.4. The molecule has 160 valence electrons. The monoisotopic (exact) mass is 431 g/mol. The molecule has 0 atom stereocenters. The summed E-state index contributed by atoms with van der Waals surface area (Å²) < 4.78 is 5.65. The Morgan fingerprint density at radius 1 is 1.00 bits per heavy atom. The first-order valence-corrected chi connectivity index (χ1v) is 9.58. The van der Waals surface area contributed by atoms with E-state index in [1.165, 1.54) is 36.4 Å². The van der Waals surface area contributed by atoms with Crippen LogP contribution in [0, 0.1) is 24.0 Å². The summed E-state index contributed by atoms with van der Waals surface area (Å²) in [5, 5.41) is 13.4. The summed E-state index contributed by atoms with van der Waals surface area (Å²) in [6.07, 6.45) is 1.20. The Labute approximate surface area is 182 Å². The van der Waals surface area contributed by atoms with Crippen LogP contribution in [0.4, 0.5) is 16.2 Å². The standard InChI is InChI=1S/C23H17N3O6/c1-13-7-8-15(11-14(13)2)25-22(28)18(21(27)24-23(25)29)12-16-9-10-20(32-16)17-5-3-4-6-19(17)26(30)31/h3-12H,1-2H3,(H,24,27,29). The molecule has 9 heteroatoms. The second-order valence-electron chi connectivity index (χ2n) is 7.20. The summed E-state index contributed by atoms with van der Waals surface area (Å²) in [6, 6.07) is 13.3. The summed E-state index contributed by atoms with van der Waals surface area (Å²) in [7, 11) is 0. The lowest BCUT2D eigenvalue weighted by Gasteiger charge is -2.26. The van der Waals surface area contributed by atoms with Gasteiger partial charge in [0.2, 0.25) is 0 Å². The SMILES string of the molecule is Cc1ccc(N2C(=O)NC(=O)C(=Cc3ccc(-c4ccccc4[N+](=O)[O-])o3)C2=O)cc1C. The van der Waals surface area contributed by atoms with Gasteiger partial charge in [0.05, 0.1) is 16.2 Å². The number of nitro groups is 1. The zero-order chi connectivity index (χ0) is 23.0. The van der Waals surface area contributed by atoms with E-state index in [0.29, 0.717) is 5.69 Å². The summed E-state index contributed by atoms with van der Waals surface area (Å²) in [6.45, 7) is 3.75. The smallest absolute Gasteiger partial charge is 0.335 e. The zero-order valence-electron chi connectivity index (χ0n) is 17.1. The van der Waals surface area contributed by atoms with Crippen molar-refractivity contribution in [2.45, 2.75) is 13.8 Å². The lowest BCUT2D eigenvalue weighted by Crippen LogP contribution is -2.54. The first kappa shape index (κ1) is 20.7. The van der Waals surface area contributed by atoms with E-state index >= 15 is 0 Å². The molecule has 1 aliphatic rings. The van der Waals surface area contributed by atoms with Gasteiger partial charge in [-0.15, -0.1) is 0 Å². The largest absolute Gasteiger partial charge is 0.456 e. The number of rotatable bonds is 4. The van der Waals surface area contributed by atoms with Gasteiger partial charge in [-0.3, -0.25) is 25.0 Å². The van der Waals surface area contributed by atoms with Gasteiger partial charge >= 0.3 is 6.03 Å². The molecule has 0 saturated carbocycles. The van der Waals surface area contributed by atoms with Crippen LogP contribution >= 0.6 is 0 Å². The molecule has 0 bridgehead atoms. The Balaban J connectivity index is 1.70. The number of carbonyl (C=O) groups is 3. The van der Waals surface area contributed by atoms with E-state index < -0.39 is 22.8 Å². The van der Waals surface area contributed by atoms with Crippen molar-refractivity contribution in [1.82, 2.24) is 5.32 Å². The Morgan fingerprint density at radius 2 is 1.75 bits per heavy atom. The van der Waals surface area contributed by atoms with Crippen LogP contribution in [0.2, 0.25) is 0 Å². The molecule has 2 aromatic carbocycles. The molecule has 0 spiro atoms. The van der Waals surface area contributed by atoms with E-state index in [4.69, 9.17) is 4.42 Å². The van der Waals surface area contributed by atoms with Crippen molar-refractivity contribution >= 4 is 35.3 Å². The van der Waals surface area contributed by atoms with Crippen molar-refractivity contribution in [2.75, 3.05) is 4.90 Å². The van der Waals surface area contributed by atoms with E-state index in [2.05, 4.69) is 5.32 Å². The molecule has 1 aromatic heterocycles. The van der Waals surface area contributed by atoms with Crippen LogP contribution in [0.15, 0.2) is 64.6 Å². The van der Waals surface area contributed by atoms with E-state index in [0.717, 1.165) is 16.0 Å². The fourth-order valence-corrected chi connectivity index (χ4v) is 3.32. The van der Waals surface area contributed by atoms with Crippen LogP contribution in [-0.2, 0) is 9.59 Å². The first-order valence-electron chi connectivity index (χ1n) is 9.58. The van der Waals surface area contributed by atoms with Gasteiger partial charge in [-0.2, -0.15) is 0 Å². The number of barbiturate groups is 1. The highest BCUT2D eigenvalue weighted by molar-refractivity contribution is 6.39. The molecule has 0 radical (unpaired) electrons. The van der Waals surface area contributed by atoms with E-state index in [1.807, 2.05) is 13.8 Å². The number of aryl methyl sites for hydroxylation is 2. The molecule has 1 aliphatic heterocycles. The predicted molar refractivity (Wildman–Crippen MR) is 116 cm³/mol. The minimum atomic E-state index is -0.858. The number of hydrogen-bond donors (Lipinski definition) is 1. The van der Waals surface area contributed by atoms with Gasteiger partial charge in [-0.25, -0.2) is 9.69 Å². The Morgan fingerprint density at radius 3 is 2.47 bits per heavy atom. The average molecular weight is 431 g/mol. The van der Waals surface area contributed by atoms with Crippen molar-refractivity contribution in [3.63, 3.8) is 0 Å². The third-order valence-corrected chi connectivity index (χ3v) is 5.13. The van der Waals surface area contributed by atoms with Gasteiger partial charge in [-0.1, -0.05) is 18.2 Å². The number of furan rings is 1. The van der Waals surface area contributed by atoms with Crippen LogP contribution in [0.3, 0.4) is 0 Å². The number of amides is 4. The number of nitro benzene ring substituents is 1. The third kappa shape index (κ3) is 3.67. The number of imide groups is 2. The van der Waals surface area contributed by atoms with E-state index in [-0.39, 0.29) is 28.3 Å². The first-order chi connectivity index (χ1) is 15.3. The quantitative estimate of drug-likeness (QED) is 0.287. The highest BCUT2D eigenvalue weighted by Crippen LogP contribution is 2.32. The molecule has 9 nitrogen and oxygen atoms in total. The Bertz CT molecular complexity index is 1320. The number of nitrogens with zero attached hydrogens (tertiary/aromatic N) is 2. The van der Waals surface area contributed by atoms with Crippen molar-refractivity contribution in [1.29, 1.82) is 0 Å². The second kappa shape index (κ2) is 7.95. The molecule has 3 aromatic rings. The minimum Gasteiger partial charge on any atom is -0.456 e. The molecular formula is C23H17N3O6. The summed E-state index contributed by atoms with van der Waals surface area (Å²) >= 11 is 0. The number of urea groups is 1. The van der Waals surface area contributed by atoms with Crippen LogP contribution < -0.4 is 10.2 Å². The van der Waals surface area contributed by atoms with Crippen LogP contribution in [0.25, 0.3) is 17.4 Å². The number of hydrogen-bond acceptors (Lipinski definition) is 6. The molecular weight excluding hydrogens is 414 g/mol. The van der Waals surface area contributed by atoms with Gasteiger partial charge in [0.15, 0.2) is 0 Å². The number of carbonyl (C=O) groups excluding carboxylic acids is 3. The molecule has 2 heterocycles. The second-order valence-corrected chi connectivity index (χ2v) is 7.20. The lowest BCUT2D eigenvalue weighted by atomic mass is 10.1. The molecule has 0 aliphatic carbocycles. The average Bonchev–Trinajstić information content (AvgIpc) is 3.22. The van der Waals surface area contributed by atoms with Gasteiger partial charge < -0.3 is 4.42 Å². The normalized spacial score (nSPS) is 15.2. The van der Waals surface area contributed by atoms with Gasteiger partial charge in [0.1, 0.15) is 17.1 Å². The maximum absolute atomic E-state index is 13.0. The predicted octanol–water partition coefficient (Wildman–Crippen LogP) is 4.14. The van der Waals surface area contributed by atoms with Crippen molar-refractivity contribution < 1.29 is 23.7 Å². The van der Waals surface area contributed by atoms with Gasteiger partial charge in [0, 0.05) is 6.07 Å². The fraction of sp³-hybridized carbons (Fsp3) is 0.0870. The van der Waals surface area contributed by atoms with E-state index in [9.17, 15) is 24.5 Å². The van der Waals surface area contributed by atoms with Gasteiger partial charge in [-0.05, 0) is 61.4 Å². The maximum atomic E-state index is 13.0. The highest BCUT2D eigenvalue weighted by Gasteiger charge is 2.37. The number of benzene rings is 2. The maximum Gasteiger partial charge on any atom is 0.335 e. The highest BCUT2D eigenvalue weighted by atomic mass is 16.6. The zero-order valence-corrected chi connectivity index (χ0v) is 17.1. The Hall–Kier alpha value is -4.53. The molecule has 4 amide bonds. The minimum absolute atomic E-state index is 0.131. The molecule has 1 saturated heterocycles. The molecule has 4 rings (SSSR count). The summed E-state index contributed by atoms with van der Waals surface area (Å²) in [5.74, 6) is -1.32. The number of para-hydroxylation sites is 1. The fourth-order valence-electron chi connectivity index (χ4n) is 3.32. The lowest BCUT2D eigenvalue weighted by molar-refractivity contribution is -0.384. The van der Waals surface area contributed by atoms with E-state index in [1.54, 1.807) is 24.3 Å². The number of anilines is 1. The van der Waals surface area contributed by atoms with Crippen LogP contribution in [0.1, 0.15) is 16.9 Å². The number of nitrogens with one attached hydrogen (secondary N) is 1. The Kier molecular flexibility index (Phi) is 5.15. The van der Waals surface area contributed by atoms with Crippen LogP contribution in [0.5, 0.6) is 0 Å². The molecule has 1 fully saturated rings. The van der Waals surface area contributed by atoms with Crippen molar-refractivity contribution in [3.8, 4) is 11.3 Å². The molecule has 32 heavy (non-hydrogen) atoms. The van der Waals surface area contributed by atoms with Crippen LogP contribution in [-0.4, -0.2) is 22.8 Å². The molecule has 1 N–H and O–H groups in total.